The number of rotatable bonds is 3. The Morgan fingerprint density at radius 3 is 3.00 bits per heavy atom. The van der Waals surface area contributed by atoms with Gasteiger partial charge in [0, 0.05) is 26.2 Å². The van der Waals surface area contributed by atoms with Gasteiger partial charge in [0.1, 0.15) is 0 Å². The molecule has 0 radical (unpaired) electrons. The summed E-state index contributed by atoms with van der Waals surface area (Å²) in [5.74, 6) is 0. The number of likely N-dealkylation sites (tertiary alicyclic amines) is 1. The number of nitrogens with zero attached hydrogens (tertiary/aromatic N) is 1. The quantitative estimate of drug-likeness (QED) is 0.671. The van der Waals surface area contributed by atoms with Crippen LogP contribution in [0.25, 0.3) is 0 Å². The lowest BCUT2D eigenvalue weighted by Crippen LogP contribution is -2.46. The van der Waals surface area contributed by atoms with E-state index < -0.39 is 0 Å². The van der Waals surface area contributed by atoms with Crippen molar-refractivity contribution in [1.29, 1.82) is 0 Å². The highest BCUT2D eigenvalue weighted by Gasteiger charge is 2.22. The molecule has 2 N–H and O–H groups in total. The van der Waals surface area contributed by atoms with Crippen LogP contribution in [0.4, 0.5) is 0 Å². The van der Waals surface area contributed by atoms with Gasteiger partial charge in [0.05, 0.1) is 6.10 Å². The molecule has 72 valence electrons. The Hall–Kier alpha value is -0.120. The molecule has 3 heteroatoms. The summed E-state index contributed by atoms with van der Waals surface area (Å²) in [5.41, 5.74) is 5.61. The molecule has 0 aromatic heterocycles. The molecule has 12 heavy (non-hydrogen) atoms. The molecule has 0 aliphatic carbocycles. The topological polar surface area (TPSA) is 38.5 Å². The first kappa shape index (κ1) is 9.96. The predicted octanol–water partition coefficient (Wildman–Crippen LogP) is 0.444. The number of methoxy groups -OCH3 is 1. The first-order valence-electron chi connectivity index (χ1n) is 4.74. The zero-order valence-electron chi connectivity index (χ0n) is 8.12. The SMILES string of the molecule is COC1CCCN(C(C)CN)C1. The van der Waals surface area contributed by atoms with Gasteiger partial charge in [-0.2, -0.15) is 0 Å². The molecule has 2 atom stereocenters. The van der Waals surface area contributed by atoms with E-state index in [0.29, 0.717) is 12.1 Å². The summed E-state index contributed by atoms with van der Waals surface area (Å²) in [6.07, 6.45) is 2.86. The average Bonchev–Trinajstić information content (AvgIpc) is 2.17. The van der Waals surface area contributed by atoms with E-state index in [0.717, 1.165) is 13.1 Å². The van der Waals surface area contributed by atoms with E-state index in [2.05, 4.69) is 11.8 Å². The van der Waals surface area contributed by atoms with Crippen molar-refractivity contribution in [1.82, 2.24) is 4.90 Å². The molecule has 3 nitrogen and oxygen atoms in total. The lowest BCUT2D eigenvalue weighted by atomic mass is 10.1. The van der Waals surface area contributed by atoms with Crippen LogP contribution in [-0.2, 0) is 4.74 Å². The minimum atomic E-state index is 0.424. The van der Waals surface area contributed by atoms with Gasteiger partial charge in [-0.3, -0.25) is 4.90 Å². The van der Waals surface area contributed by atoms with Crippen LogP contribution >= 0.6 is 0 Å². The number of piperidine rings is 1. The lowest BCUT2D eigenvalue weighted by Gasteiger charge is -2.35. The van der Waals surface area contributed by atoms with Crippen molar-refractivity contribution in [2.75, 3.05) is 26.7 Å². The van der Waals surface area contributed by atoms with Crippen LogP contribution in [0.5, 0.6) is 0 Å². The van der Waals surface area contributed by atoms with Crippen LogP contribution in [0.1, 0.15) is 19.8 Å². The molecule has 0 saturated carbocycles. The van der Waals surface area contributed by atoms with Crippen LogP contribution in [0, 0.1) is 0 Å². The van der Waals surface area contributed by atoms with E-state index in [-0.39, 0.29) is 0 Å². The highest BCUT2D eigenvalue weighted by atomic mass is 16.5. The van der Waals surface area contributed by atoms with Crippen molar-refractivity contribution in [3.05, 3.63) is 0 Å². The molecule has 0 bridgehead atoms. The molecule has 1 fully saturated rings. The van der Waals surface area contributed by atoms with Gasteiger partial charge in [-0.15, -0.1) is 0 Å². The zero-order valence-corrected chi connectivity index (χ0v) is 8.12. The van der Waals surface area contributed by atoms with Crippen LogP contribution in [0.15, 0.2) is 0 Å². The Morgan fingerprint density at radius 2 is 2.42 bits per heavy atom. The van der Waals surface area contributed by atoms with Crippen molar-refractivity contribution in [2.24, 2.45) is 5.73 Å². The molecular weight excluding hydrogens is 152 g/mol. The van der Waals surface area contributed by atoms with Gasteiger partial charge in [-0.05, 0) is 26.3 Å². The second-order valence-electron chi connectivity index (χ2n) is 3.58. The molecule has 1 aliphatic rings. The molecule has 1 aliphatic heterocycles. The van der Waals surface area contributed by atoms with E-state index in [1.807, 2.05) is 0 Å². The fourth-order valence-electron chi connectivity index (χ4n) is 1.71. The number of nitrogens with two attached hydrogens (primary N) is 1. The highest BCUT2D eigenvalue weighted by molar-refractivity contribution is 4.77. The molecule has 2 unspecified atom stereocenters. The Morgan fingerprint density at radius 1 is 1.67 bits per heavy atom. The van der Waals surface area contributed by atoms with Gasteiger partial charge in [0.2, 0.25) is 0 Å². The van der Waals surface area contributed by atoms with E-state index in [9.17, 15) is 0 Å². The number of hydrogen-bond donors (Lipinski definition) is 1. The maximum Gasteiger partial charge on any atom is 0.0698 e. The maximum atomic E-state index is 5.61. The van der Waals surface area contributed by atoms with Crippen molar-refractivity contribution in [2.45, 2.75) is 31.9 Å². The Kier molecular flexibility index (Phi) is 3.98. The summed E-state index contributed by atoms with van der Waals surface area (Å²) < 4.78 is 5.33. The first-order valence-corrected chi connectivity index (χ1v) is 4.74. The molecule has 0 aromatic rings. The molecular formula is C9H20N2O. The first-order chi connectivity index (χ1) is 5.77. The molecule has 0 spiro atoms. The van der Waals surface area contributed by atoms with Crippen molar-refractivity contribution >= 4 is 0 Å². The van der Waals surface area contributed by atoms with Crippen LogP contribution < -0.4 is 5.73 Å². The van der Waals surface area contributed by atoms with Crippen LogP contribution in [0.3, 0.4) is 0 Å². The standard InChI is InChI=1S/C9H20N2O/c1-8(6-10)11-5-3-4-9(7-11)12-2/h8-9H,3-7,10H2,1-2H3. The third-order valence-electron chi connectivity index (χ3n) is 2.71. The fourth-order valence-corrected chi connectivity index (χ4v) is 1.71. The Balaban J connectivity index is 2.34. The summed E-state index contributed by atoms with van der Waals surface area (Å²) in [7, 11) is 1.79. The molecule has 1 rings (SSSR count). The van der Waals surface area contributed by atoms with Gasteiger partial charge in [0.15, 0.2) is 0 Å². The van der Waals surface area contributed by atoms with Crippen LogP contribution in [0.2, 0.25) is 0 Å². The zero-order chi connectivity index (χ0) is 8.97. The van der Waals surface area contributed by atoms with E-state index in [1.54, 1.807) is 7.11 Å². The monoisotopic (exact) mass is 172 g/mol. The third-order valence-corrected chi connectivity index (χ3v) is 2.71. The minimum Gasteiger partial charge on any atom is -0.380 e. The summed E-state index contributed by atoms with van der Waals surface area (Å²) in [5, 5.41) is 0. The maximum absolute atomic E-state index is 5.61. The van der Waals surface area contributed by atoms with Gasteiger partial charge in [-0.1, -0.05) is 0 Å². The van der Waals surface area contributed by atoms with E-state index in [4.69, 9.17) is 10.5 Å². The van der Waals surface area contributed by atoms with Crippen LogP contribution in [-0.4, -0.2) is 43.8 Å². The second kappa shape index (κ2) is 4.80. The largest absolute Gasteiger partial charge is 0.380 e. The van der Waals surface area contributed by atoms with Gasteiger partial charge < -0.3 is 10.5 Å². The summed E-state index contributed by atoms with van der Waals surface area (Å²) in [6.45, 7) is 5.15. The average molecular weight is 172 g/mol. The van der Waals surface area contributed by atoms with E-state index in [1.165, 1.54) is 19.4 Å². The van der Waals surface area contributed by atoms with Gasteiger partial charge in [0.25, 0.3) is 0 Å². The van der Waals surface area contributed by atoms with E-state index >= 15 is 0 Å². The van der Waals surface area contributed by atoms with Gasteiger partial charge >= 0.3 is 0 Å². The number of hydrogen-bond acceptors (Lipinski definition) is 3. The smallest absolute Gasteiger partial charge is 0.0698 e. The molecule has 0 aromatic carbocycles. The predicted molar refractivity (Wildman–Crippen MR) is 50.1 cm³/mol. The molecule has 1 heterocycles. The van der Waals surface area contributed by atoms with Gasteiger partial charge in [-0.25, -0.2) is 0 Å². The second-order valence-corrected chi connectivity index (χ2v) is 3.58. The number of ether oxygens (including phenoxy) is 1. The fraction of sp³-hybridized carbons (Fsp3) is 1.00. The molecule has 0 amide bonds. The summed E-state index contributed by atoms with van der Waals surface area (Å²) >= 11 is 0. The third kappa shape index (κ3) is 2.44. The normalized spacial score (nSPS) is 28.8. The summed E-state index contributed by atoms with van der Waals surface area (Å²) in [6, 6.07) is 0.503. The Bertz CT molecular complexity index is 128. The van der Waals surface area contributed by atoms with Crippen molar-refractivity contribution in [3.63, 3.8) is 0 Å². The molecule has 1 saturated heterocycles. The summed E-state index contributed by atoms with van der Waals surface area (Å²) in [4.78, 5) is 2.41. The minimum absolute atomic E-state index is 0.424. The highest BCUT2D eigenvalue weighted by Crippen LogP contribution is 2.14. The van der Waals surface area contributed by atoms with Crippen molar-refractivity contribution in [3.8, 4) is 0 Å². The lowest BCUT2D eigenvalue weighted by molar-refractivity contribution is 0.0188. The van der Waals surface area contributed by atoms with Crippen molar-refractivity contribution < 1.29 is 4.74 Å². The Labute approximate surface area is 74.9 Å².